The maximum atomic E-state index is 13.0. The van der Waals surface area contributed by atoms with Crippen molar-refractivity contribution >= 4 is 32.3 Å². The van der Waals surface area contributed by atoms with Gasteiger partial charge in [-0.3, -0.25) is 4.98 Å². The average molecular weight is 346 g/mol. The molecule has 0 amide bonds. The third kappa shape index (κ3) is 3.02. The van der Waals surface area contributed by atoms with E-state index < -0.39 is 10.0 Å². The molecule has 2 aromatic heterocycles. The molecule has 23 heavy (non-hydrogen) atoms. The molecule has 0 fully saturated rings. The summed E-state index contributed by atoms with van der Waals surface area (Å²) in [6.07, 6.45) is 1.70. The predicted octanol–water partition coefficient (Wildman–Crippen LogP) is 3.73. The molecule has 0 spiro atoms. The summed E-state index contributed by atoms with van der Waals surface area (Å²) in [5.41, 5.74) is 2.64. The molecule has 0 N–H and O–H groups in total. The van der Waals surface area contributed by atoms with E-state index in [0.29, 0.717) is 12.1 Å². The number of para-hydroxylation sites is 1. The molecule has 3 rings (SSSR count). The van der Waals surface area contributed by atoms with Gasteiger partial charge in [0, 0.05) is 30.1 Å². The quantitative estimate of drug-likeness (QED) is 0.723. The van der Waals surface area contributed by atoms with Crippen molar-refractivity contribution in [1.82, 2.24) is 9.29 Å². The van der Waals surface area contributed by atoms with Crippen molar-refractivity contribution in [2.24, 2.45) is 0 Å². The van der Waals surface area contributed by atoms with E-state index >= 15 is 0 Å². The highest BCUT2D eigenvalue weighted by atomic mass is 32.2. The molecular weight excluding hydrogens is 328 g/mol. The first-order valence-corrected chi connectivity index (χ1v) is 9.56. The van der Waals surface area contributed by atoms with E-state index in [0.717, 1.165) is 21.4 Å². The van der Waals surface area contributed by atoms with Gasteiger partial charge >= 0.3 is 0 Å². The molecular formula is C17H18N2O2S2. The van der Waals surface area contributed by atoms with E-state index in [-0.39, 0.29) is 4.90 Å². The molecule has 0 bridgehead atoms. The second kappa shape index (κ2) is 6.03. The van der Waals surface area contributed by atoms with Gasteiger partial charge in [0.25, 0.3) is 0 Å². The van der Waals surface area contributed by atoms with Crippen LogP contribution in [-0.4, -0.2) is 24.8 Å². The molecule has 3 aromatic rings. The Bertz CT molecular complexity index is 962. The van der Waals surface area contributed by atoms with Crippen molar-refractivity contribution < 1.29 is 8.42 Å². The Kier molecular flexibility index (Phi) is 4.23. The number of hydrogen-bond acceptors (Lipinski definition) is 4. The first-order chi connectivity index (χ1) is 10.9. The summed E-state index contributed by atoms with van der Waals surface area (Å²) in [5.74, 6) is 0. The van der Waals surface area contributed by atoms with Crippen molar-refractivity contribution in [3.8, 4) is 0 Å². The summed E-state index contributed by atoms with van der Waals surface area (Å²) < 4.78 is 27.3. The molecule has 0 aliphatic heterocycles. The zero-order valence-electron chi connectivity index (χ0n) is 13.3. The highest BCUT2D eigenvalue weighted by Crippen LogP contribution is 2.26. The van der Waals surface area contributed by atoms with Crippen molar-refractivity contribution in [2.45, 2.75) is 25.3 Å². The molecule has 0 aliphatic carbocycles. The molecule has 0 saturated heterocycles. The van der Waals surface area contributed by atoms with Crippen molar-refractivity contribution in [2.75, 3.05) is 7.05 Å². The Morgan fingerprint density at radius 3 is 2.70 bits per heavy atom. The maximum absolute atomic E-state index is 13.0. The van der Waals surface area contributed by atoms with E-state index in [1.165, 1.54) is 4.31 Å². The van der Waals surface area contributed by atoms with E-state index in [1.54, 1.807) is 36.7 Å². The van der Waals surface area contributed by atoms with Crippen molar-refractivity contribution in [1.29, 1.82) is 0 Å². The van der Waals surface area contributed by atoms with E-state index in [4.69, 9.17) is 0 Å². The Balaban J connectivity index is 2.04. The lowest BCUT2D eigenvalue weighted by Crippen LogP contribution is -2.26. The monoisotopic (exact) mass is 346 g/mol. The third-order valence-electron chi connectivity index (χ3n) is 3.83. The average Bonchev–Trinajstić information content (AvgIpc) is 2.91. The number of aryl methyl sites for hydroxylation is 2. The minimum atomic E-state index is -3.59. The molecule has 6 heteroatoms. The minimum absolute atomic E-state index is 0.256. The summed E-state index contributed by atoms with van der Waals surface area (Å²) in [5, 5.41) is 2.82. The standard InChI is InChI=1S/C17H18N2O2S2/c1-12-9-14-5-4-6-16(17(14)18-10-12)23(20,21)19(3)11-15-13(2)7-8-22-15/h4-10H,11H2,1-3H3. The number of fused-ring (bicyclic) bond motifs is 1. The molecule has 0 radical (unpaired) electrons. The van der Waals surface area contributed by atoms with Gasteiger partial charge in [-0.25, -0.2) is 8.42 Å². The van der Waals surface area contributed by atoms with Crippen LogP contribution in [0, 0.1) is 13.8 Å². The Labute approximate surface area is 140 Å². The second-order valence-corrected chi connectivity index (χ2v) is 8.64. The van der Waals surface area contributed by atoms with E-state index in [1.807, 2.05) is 37.4 Å². The zero-order valence-corrected chi connectivity index (χ0v) is 14.9. The summed E-state index contributed by atoms with van der Waals surface area (Å²) >= 11 is 1.57. The van der Waals surface area contributed by atoms with Gasteiger partial charge in [-0.2, -0.15) is 4.31 Å². The number of sulfonamides is 1. The topological polar surface area (TPSA) is 50.3 Å². The van der Waals surface area contributed by atoms with Gasteiger partial charge in [0.05, 0.1) is 5.52 Å². The predicted molar refractivity (Wildman–Crippen MR) is 94.2 cm³/mol. The lowest BCUT2D eigenvalue weighted by molar-refractivity contribution is 0.469. The van der Waals surface area contributed by atoms with Crippen LogP contribution in [0.3, 0.4) is 0 Å². The number of benzene rings is 1. The minimum Gasteiger partial charge on any atom is -0.255 e. The van der Waals surface area contributed by atoms with E-state index in [9.17, 15) is 8.42 Å². The molecule has 0 aliphatic rings. The number of aromatic nitrogens is 1. The number of nitrogens with zero attached hydrogens (tertiary/aromatic N) is 2. The van der Waals surface area contributed by atoms with Crippen LogP contribution in [-0.2, 0) is 16.6 Å². The van der Waals surface area contributed by atoms with Crippen molar-refractivity contribution in [3.05, 3.63) is 57.9 Å². The van der Waals surface area contributed by atoms with Crippen LogP contribution >= 0.6 is 11.3 Å². The fraction of sp³-hybridized carbons (Fsp3) is 0.235. The first-order valence-electron chi connectivity index (χ1n) is 7.24. The lowest BCUT2D eigenvalue weighted by atomic mass is 10.2. The van der Waals surface area contributed by atoms with Crippen LogP contribution in [0.5, 0.6) is 0 Å². The smallest absolute Gasteiger partial charge is 0.245 e. The summed E-state index contributed by atoms with van der Waals surface area (Å²) in [7, 11) is -1.98. The Morgan fingerprint density at radius 2 is 2.00 bits per heavy atom. The molecule has 0 unspecified atom stereocenters. The number of pyridine rings is 1. The molecule has 0 saturated carbocycles. The lowest BCUT2D eigenvalue weighted by Gasteiger charge is -2.18. The van der Waals surface area contributed by atoms with Crippen LogP contribution in [0.4, 0.5) is 0 Å². The van der Waals surface area contributed by atoms with Gasteiger partial charge in [-0.05, 0) is 48.6 Å². The number of rotatable bonds is 4. The van der Waals surface area contributed by atoms with Crippen LogP contribution in [0.15, 0.2) is 46.8 Å². The number of hydrogen-bond donors (Lipinski definition) is 0. The van der Waals surface area contributed by atoms with Crippen LogP contribution in [0.2, 0.25) is 0 Å². The van der Waals surface area contributed by atoms with Gasteiger partial charge in [-0.1, -0.05) is 12.1 Å². The normalized spacial score (nSPS) is 12.2. The maximum Gasteiger partial charge on any atom is 0.245 e. The Hall–Kier alpha value is -1.76. The van der Waals surface area contributed by atoms with Crippen LogP contribution in [0.25, 0.3) is 10.9 Å². The Morgan fingerprint density at radius 1 is 1.22 bits per heavy atom. The van der Waals surface area contributed by atoms with Gasteiger partial charge in [0.15, 0.2) is 0 Å². The summed E-state index contributed by atoms with van der Waals surface area (Å²) in [4.78, 5) is 5.65. The highest BCUT2D eigenvalue weighted by Gasteiger charge is 2.24. The largest absolute Gasteiger partial charge is 0.255 e. The van der Waals surface area contributed by atoms with E-state index in [2.05, 4.69) is 4.98 Å². The van der Waals surface area contributed by atoms with Crippen LogP contribution < -0.4 is 0 Å². The highest BCUT2D eigenvalue weighted by molar-refractivity contribution is 7.89. The molecule has 1 aromatic carbocycles. The van der Waals surface area contributed by atoms with Gasteiger partial charge in [0.2, 0.25) is 10.0 Å². The van der Waals surface area contributed by atoms with Crippen LogP contribution in [0.1, 0.15) is 16.0 Å². The van der Waals surface area contributed by atoms with Gasteiger partial charge < -0.3 is 0 Å². The second-order valence-electron chi connectivity index (χ2n) is 5.63. The van der Waals surface area contributed by atoms with Gasteiger partial charge in [0.1, 0.15) is 4.90 Å². The fourth-order valence-corrected chi connectivity index (χ4v) is 4.81. The first kappa shape index (κ1) is 16.1. The number of thiophene rings is 1. The molecule has 0 atom stereocenters. The third-order valence-corrected chi connectivity index (χ3v) is 6.68. The molecule has 4 nitrogen and oxygen atoms in total. The summed E-state index contributed by atoms with van der Waals surface area (Å²) in [6, 6.07) is 9.23. The molecule has 2 heterocycles. The summed E-state index contributed by atoms with van der Waals surface area (Å²) in [6.45, 7) is 4.31. The fourth-order valence-electron chi connectivity index (χ4n) is 2.47. The zero-order chi connectivity index (χ0) is 16.6. The molecule has 120 valence electrons. The van der Waals surface area contributed by atoms with Gasteiger partial charge in [-0.15, -0.1) is 11.3 Å². The van der Waals surface area contributed by atoms with Crippen molar-refractivity contribution in [3.63, 3.8) is 0 Å². The SMILES string of the molecule is Cc1cnc2c(S(=O)(=O)N(C)Cc3sccc3C)cccc2c1.